The molecule has 0 aliphatic carbocycles. The van der Waals surface area contributed by atoms with Crippen LogP contribution >= 0.6 is 0 Å². The first-order valence-electron chi connectivity index (χ1n) is 5.90. The summed E-state index contributed by atoms with van der Waals surface area (Å²) < 4.78 is 5.93. The minimum atomic E-state index is 0.0319. The molecule has 1 N–H and O–H groups in total. The summed E-state index contributed by atoms with van der Waals surface area (Å²) in [5.41, 5.74) is 0.0319. The van der Waals surface area contributed by atoms with Crippen molar-refractivity contribution in [3.05, 3.63) is 0 Å². The van der Waals surface area contributed by atoms with Crippen LogP contribution in [0.1, 0.15) is 53.9 Å². The molecule has 0 aromatic rings. The largest absolute Gasteiger partial charge is 0.373 e. The molecule has 0 saturated heterocycles. The third-order valence-electron chi connectivity index (χ3n) is 2.53. The van der Waals surface area contributed by atoms with E-state index in [4.69, 9.17) is 4.74 Å². The lowest BCUT2D eigenvalue weighted by Gasteiger charge is -2.28. The molecule has 0 heterocycles. The zero-order valence-electron chi connectivity index (χ0n) is 10.5. The van der Waals surface area contributed by atoms with Crippen LogP contribution in [-0.2, 0) is 4.74 Å². The molecule has 0 aliphatic heterocycles. The van der Waals surface area contributed by atoms with Crippen LogP contribution in [0.25, 0.3) is 0 Å². The quantitative estimate of drug-likeness (QED) is 0.610. The maximum absolute atomic E-state index is 5.93. The van der Waals surface area contributed by atoms with Gasteiger partial charge in [-0.05, 0) is 53.1 Å². The van der Waals surface area contributed by atoms with Gasteiger partial charge >= 0.3 is 0 Å². The highest BCUT2D eigenvalue weighted by Gasteiger charge is 2.18. The fourth-order valence-electron chi connectivity index (χ4n) is 1.29. The lowest BCUT2D eigenvalue weighted by Crippen LogP contribution is -2.30. The van der Waals surface area contributed by atoms with E-state index < -0.39 is 0 Å². The van der Waals surface area contributed by atoms with Crippen molar-refractivity contribution in [1.82, 2.24) is 5.32 Å². The topological polar surface area (TPSA) is 21.3 Å². The van der Waals surface area contributed by atoms with Crippen LogP contribution in [0.4, 0.5) is 0 Å². The van der Waals surface area contributed by atoms with Crippen molar-refractivity contribution in [2.75, 3.05) is 13.1 Å². The molecule has 0 amide bonds. The van der Waals surface area contributed by atoms with E-state index in [2.05, 4.69) is 39.9 Å². The maximum Gasteiger partial charge on any atom is 0.0627 e. The van der Waals surface area contributed by atoms with Crippen LogP contribution in [0.5, 0.6) is 0 Å². The Balaban J connectivity index is 3.49. The molecule has 2 nitrogen and oxygen atoms in total. The van der Waals surface area contributed by atoms with Crippen LogP contribution in [0.2, 0.25) is 0 Å². The number of hydrogen-bond donors (Lipinski definition) is 1. The van der Waals surface area contributed by atoms with E-state index in [0.29, 0.717) is 6.10 Å². The van der Waals surface area contributed by atoms with E-state index in [1.54, 1.807) is 0 Å². The van der Waals surface area contributed by atoms with Crippen molar-refractivity contribution in [2.45, 2.75) is 65.6 Å². The average Bonchev–Trinajstić information content (AvgIpc) is 2.12. The summed E-state index contributed by atoms with van der Waals surface area (Å²) in [5.74, 6) is 0. The lowest BCUT2D eigenvalue weighted by atomic mass is 10.1. The van der Waals surface area contributed by atoms with Crippen LogP contribution in [-0.4, -0.2) is 24.8 Å². The SMILES string of the molecule is CCCNCCC(C)OC(C)(C)CC. The van der Waals surface area contributed by atoms with E-state index >= 15 is 0 Å². The molecule has 1 atom stereocenters. The van der Waals surface area contributed by atoms with E-state index in [-0.39, 0.29) is 5.60 Å². The number of rotatable bonds is 8. The van der Waals surface area contributed by atoms with Crippen LogP contribution < -0.4 is 5.32 Å². The molecule has 1 unspecified atom stereocenters. The van der Waals surface area contributed by atoms with Gasteiger partial charge in [-0.3, -0.25) is 0 Å². The van der Waals surface area contributed by atoms with Gasteiger partial charge in [0.05, 0.1) is 11.7 Å². The highest BCUT2D eigenvalue weighted by molar-refractivity contribution is 4.68. The molecule has 0 aromatic carbocycles. The minimum absolute atomic E-state index is 0.0319. The minimum Gasteiger partial charge on any atom is -0.373 e. The Morgan fingerprint density at radius 1 is 1.21 bits per heavy atom. The van der Waals surface area contributed by atoms with Crippen molar-refractivity contribution >= 4 is 0 Å². The highest BCUT2D eigenvalue weighted by Crippen LogP contribution is 2.17. The van der Waals surface area contributed by atoms with Gasteiger partial charge in [0, 0.05) is 0 Å². The zero-order valence-corrected chi connectivity index (χ0v) is 10.5. The summed E-state index contributed by atoms with van der Waals surface area (Å²) >= 11 is 0. The van der Waals surface area contributed by atoms with Crippen LogP contribution in [0, 0.1) is 0 Å². The van der Waals surface area contributed by atoms with Gasteiger partial charge in [-0.15, -0.1) is 0 Å². The first kappa shape index (κ1) is 13.9. The molecule has 0 rings (SSSR count). The maximum atomic E-state index is 5.93. The molecular weight excluding hydrogens is 174 g/mol. The number of ether oxygens (including phenoxy) is 1. The Morgan fingerprint density at radius 3 is 2.36 bits per heavy atom. The summed E-state index contributed by atoms with van der Waals surface area (Å²) in [6.07, 6.45) is 3.73. The Bertz CT molecular complexity index is 134. The predicted molar refractivity (Wildman–Crippen MR) is 62.7 cm³/mol. The molecule has 2 heteroatoms. The number of nitrogens with one attached hydrogen (secondary N) is 1. The molecule has 0 saturated carbocycles. The van der Waals surface area contributed by atoms with Crippen molar-refractivity contribution in [2.24, 2.45) is 0 Å². The van der Waals surface area contributed by atoms with E-state index in [9.17, 15) is 0 Å². The molecule has 0 radical (unpaired) electrons. The van der Waals surface area contributed by atoms with Gasteiger partial charge in [-0.25, -0.2) is 0 Å². The van der Waals surface area contributed by atoms with Gasteiger partial charge in [-0.1, -0.05) is 13.8 Å². The van der Waals surface area contributed by atoms with Gasteiger partial charge in [0.15, 0.2) is 0 Å². The molecule has 0 spiro atoms. The fraction of sp³-hybridized carbons (Fsp3) is 1.00. The average molecular weight is 201 g/mol. The Labute approximate surface area is 89.4 Å². The Kier molecular flexibility index (Phi) is 7.20. The van der Waals surface area contributed by atoms with Crippen molar-refractivity contribution in [3.8, 4) is 0 Å². The molecule has 0 fully saturated rings. The zero-order chi connectivity index (χ0) is 11.0. The van der Waals surface area contributed by atoms with Gasteiger partial charge in [0.25, 0.3) is 0 Å². The molecule has 14 heavy (non-hydrogen) atoms. The standard InChI is InChI=1S/C12H27NO/c1-6-9-13-10-8-11(3)14-12(4,5)7-2/h11,13H,6-10H2,1-5H3. The first-order valence-corrected chi connectivity index (χ1v) is 5.90. The van der Waals surface area contributed by atoms with Gasteiger partial charge in [0.2, 0.25) is 0 Å². The van der Waals surface area contributed by atoms with Crippen molar-refractivity contribution in [3.63, 3.8) is 0 Å². The van der Waals surface area contributed by atoms with E-state index in [0.717, 1.165) is 25.9 Å². The van der Waals surface area contributed by atoms with Crippen LogP contribution in [0.15, 0.2) is 0 Å². The normalized spacial score (nSPS) is 14.4. The first-order chi connectivity index (χ1) is 6.52. The highest BCUT2D eigenvalue weighted by atomic mass is 16.5. The summed E-state index contributed by atoms with van der Waals surface area (Å²) in [6.45, 7) is 13.0. The number of hydrogen-bond acceptors (Lipinski definition) is 2. The summed E-state index contributed by atoms with van der Waals surface area (Å²) in [4.78, 5) is 0. The summed E-state index contributed by atoms with van der Waals surface area (Å²) in [7, 11) is 0. The second kappa shape index (κ2) is 7.24. The smallest absolute Gasteiger partial charge is 0.0627 e. The summed E-state index contributed by atoms with van der Waals surface area (Å²) in [5, 5.41) is 3.39. The van der Waals surface area contributed by atoms with Crippen LogP contribution in [0.3, 0.4) is 0 Å². The van der Waals surface area contributed by atoms with E-state index in [1.807, 2.05) is 0 Å². The van der Waals surface area contributed by atoms with Gasteiger partial charge < -0.3 is 10.1 Å². The lowest BCUT2D eigenvalue weighted by molar-refractivity contribution is -0.0677. The third kappa shape index (κ3) is 7.34. The van der Waals surface area contributed by atoms with Crippen molar-refractivity contribution < 1.29 is 4.74 Å². The third-order valence-corrected chi connectivity index (χ3v) is 2.53. The Morgan fingerprint density at radius 2 is 1.86 bits per heavy atom. The summed E-state index contributed by atoms with van der Waals surface area (Å²) in [6, 6.07) is 0. The van der Waals surface area contributed by atoms with Crippen molar-refractivity contribution in [1.29, 1.82) is 0 Å². The molecule has 0 bridgehead atoms. The molecule has 0 aromatic heterocycles. The molecular formula is C12H27NO. The van der Waals surface area contributed by atoms with E-state index in [1.165, 1.54) is 6.42 Å². The Hall–Kier alpha value is -0.0800. The van der Waals surface area contributed by atoms with Gasteiger partial charge in [0.1, 0.15) is 0 Å². The second-order valence-corrected chi connectivity index (χ2v) is 4.58. The second-order valence-electron chi connectivity index (χ2n) is 4.58. The predicted octanol–water partition coefficient (Wildman–Crippen LogP) is 2.97. The fourth-order valence-corrected chi connectivity index (χ4v) is 1.29. The van der Waals surface area contributed by atoms with Gasteiger partial charge in [-0.2, -0.15) is 0 Å². The molecule has 86 valence electrons. The monoisotopic (exact) mass is 201 g/mol. The molecule has 0 aliphatic rings.